The number of hydrogen-bond donors (Lipinski definition) is 1. The highest BCUT2D eigenvalue weighted by atomic mass is 19.1. The molecule has 3 aromatic rings. The van der Waals surface area contributed by atoms with E-state index in [2.05, 4.69) is 0 Å². The summed E-state index contributed by atoms with van der Waals surface area (Å²) in [4.78, 5) is 23.4. The van der Waals surface area contributed by atoms with Crippen LogP contribution in [0.1, 0.15) is 27.6 Å². The van der Waals surface area contributed by atoms with E-state index in [1.165, 1.54) is 50.4 Å². The Morgan fingerprint density at radius 1 is 1.17 bits per heavy atom. The second-order valence-electron chi connectivity index (χ2n) is 5.22. The highest BCUT2D eigenvalue weighted by molar-refractivity contribution is 6.10. The molecule has 2 aromatic carbocycles. The first-order chi connectivity index (χ1) is 11.4. The fourth-order valence-electron chi connectivity index (χ4n) is 2.58. The summed E-state index contributed by atoms with van der Waals surface area (Å²) < 4.78 is 23.9. The molecule has 0 bridgehead atoms. The van der Waals surface area contributed by atoms with E-state index in [0.29, 0.717) is 16.5 Å². The monoisotopic (exact) mass is 328 g/mol. The molecule has 0 atom stereocenters. The van der Waals surface area contributed by atoms with Crippen LogP contribution in [0.4, 0.5) is 4.39 Å². The van der Waals surface area contributed by atoms with Gasteiger partial charge in [-0.25, -0.2) is 9.18 Å². The van der Waals surface area contributed by atoms with Crippen LogP contribution in [0, 0.1) is 5.82 Å². The zero-order chi connectivity index (χ0) is 17.4. The van der Waals surface area contributed by atoms with Crippen LogP contribution in [0.5, 0.6) is 5.75 Å². The number of halogens is 1. The van der Waals surface area contributed by atoms with E-state index in [-0.39, 0.29) is 28.4 Å². The van der Waals surface area contributed by atoms with E-state index in [1.807, 2.05) is 0 Å². The number of methoxy groups -OCH3 is 1. The minimum absolute atomic E-state index is 0.0648. The van der Waals surface area contributed by atoms with Gasteiger partial charge in [0.2, 0.25) is 0 Å². The Morgan fingerprint density at radius 2 is 1.83 bits per heavy atom. The first-order valence-corrected chi connectivity index (χ1v) is 7.07. The fourth-order valence-corrected chi connectivity index (χ4v) is 2.58. The van der Waals surface area contributed by atoms with Gasteiger partial charge in [-0.2, -0.15) is 0 Å². The van der Waals surface area contributed by atoms with Gasteiger partial charge in [-0.3, -0.25) is 4.79 Å². The quantitative estimate of drug-likeness (QED) is 0.728. The molecule has 0 spiro atoms. The van der Waals surface area contributed by atoms with Crippen molar-refractivity contribution in [2.45, 2.75) is 6.92 Å². The molecule has 0 aliphatic heterocycles. The molecule has 0 amide bonds. The summed E-state index contributed by atoms with van der Waals surface area (Å²) in [5.74, 6) is -1.49. The molecule has 0 fully saturated rings. The largest absolute Gasteiger partial charge is 0.496 e. The molecule has 6 heteroatoms. The molecule has 0 aliphatic carbocycles. The van der Waals surface area contributed by atoms with E-state index < -0.39 is 11.8 Å². The minimum Gasteiger partial charge on any atom is -0.496 e. The maximum atomic E-state index is 13.1. The van der Waals surface area contributed by atoms with Crippen molar-refractivity contribution >= 4 is 22.7 Å². The van der Waals surface area contributed by atoms with Crippen molar-refractivity contribution in [2.75, 3.05) is 7.11 Å². The lowest BCUT2D eigenvalue weighted by atomic mass is 10.0. The van der Waals surface area contributed by atoms with Gasteiger partial charge >= 0.3 is 5.97 Å². The third-order valence-electron chi connectivity index (χ3n) is 3.71. The predicted octanol–water partition coefficient (Wildman–Crippen LogP) is 4.15. The van der Waals surface area contributed by atoms with Crippen molar-refractivity contribution in [1.29, 1.82) is 0 Å². The van der Waals surface area contributed by atoms with Crippen molar-refractivity contribution < 1.29 is 28.2 Å². The molecule has 122 valence electrons. The Morgan fingerprint density at radius 3 is 2.38 bits per heavy atom. The number of Topliss-reactive ketones (excluding diaryl/α,β-unsaturated/α-hetero) is 1. The van der Waals surface area contributed by atoms with E-state index in [4.69, 9.17) is 9.15 Å². The van der Waals surface area contributed by atoms with Crippen LogP contribution in [0.2, 0.25) is 0 Å². The fraction of sp³-hybridized carbons (Fsp3) is 0.111. The lowest BCUT2D eigenvalue weighted by molar-refractivity contribution is 0.0699. The van der Waals surface area contributed by atoms with E-state index in [9.17, 15) is 19.1 Å². The third-order valence-corrected chi connectivity index (χ3v) is 3.71. The minimum atomic E-state index is -1.19. The van der Waals surface area contributed by atoms with Crippen LogP contribution in [0.15, 0.2) is 40.8 Å². The molecule has 1 heterocycles. The molecule has 0 unspecified atom stereocenters. The predicted molar refractivity (Wildman–Crippen MR) is 85.1 cm³/mol. The summed E-state index contributed by atoms with van der Waals surface area (Å²) in [5.41, 5.74) is 0.900. The number of fused-ring (bicyclic) bond motifs is 1. The van der Waals surface area contributed by atoms with Crippen molar-refractivity contribution in [1.82, 2.24) is 0 Å². The SMILES string of the molecule is COc1cc2c(C(=O)O)c(-c3ccc(F)cc3)oc2cc1C(C)=O. The van der Waals surface area contributed by atoms with Crippen LogP contribution in [0.25, 0.3) is 22.3 Å². The Kier molecular flexibility index (Phi) is 3.81. The van der Waals surface area contributed by atoms with Gasteiger partial charge in [-0.15, -0.1) is 0 Å². The van der Waals surface area contributed by atoms with Gasteiger partial charge in [0, 0.05) is 10.9 Å². The lowest BCUT2D eigenvalue weighted by Crippen LogP contribution is -1.99. The van der Waals surface area contributed by atoms with Crippen molar-refractivity contribution in [3.63, 3.8) is 0 Å². The number of rotatable bonds is 4. The first kappa shape index (κ1) is 15.7. The number of carboxylic acids is 1. The molecule has 0 saturated carbocycles. The average molecular weight is 328 g/mol. The smallest absolute Gasteiger partial charge is 0.340 e. The number of hydrogen-bond acceptors (Lipinski definition) is 4. The molecule has 0 saturated heterocycles. The third kappa shape index (κ3) is 2.52. The van der Waals surface area contributed by atoms with Gasteiger partial charge in [-0.05, 0) is 43.3 Å². The van der Waals surface area contributed by atoms with Crippen LogP contribution in [0.3, 0.4) is 0 Å². The standard InChI is InChI=1S/C18H13FO5/c1-9(20)12-7-15-13(8-14(12)23-2)16(18(21)22)17(24-15)10-3-5-11(19)6-4-10/h3-8H,1-2H3,(H,21,22). The Hall–Kier alpha value is -3.15. The number of carbonyl (C=O) groups is 2. The summed E-state index contributed by atoms with van der Waals surface area (Å²) in [5, 5.41) is 9.88. The number of ether oxygens (including phenoxy) is 1. The van der Waals surface area contributed by atoms with E-state index in [1.54, 1.807) is 0 Å². The summed E-state index contributed by atoms with van der Waals surface area (Å²) >= 11 is 0. The highest BCUT2D eigenvalue weighted by Crippen LogP contribution is 2.37. The van der Waals surface area contributed by atoms with Gasteiger partial charge in [0.25, 0.3) is 0 Å². The number of furan rings is 1. The lowest BCUT2D eigenvalue weighted by Gasteiger charge is -2.05. The van der Waals surface area contributed by atoms with Crippen LogP contribution < -0.4 is 4.74 Å². The number of benzene rings is 2. The average Bonchev–Trinajstić information content (AvgIpc) is 2.92. The second-order valence-corrected chi connectivity index (χ2v) is 5.22. The van der Waals surface area contributed by atoms with Gasteiger partial charge in [0.15, 0.2) is 5.78 Å². The van der Waals surface area contributed by atoms with Crippen LogP contribution >= 0.6 is 0 Å². The van der Waals surface area contributed by atoms with Gasteiger partial charge < -0.3 is 14.3 Å². The van der Waals surface area contributed by atoms with Gasteiger partial charge in [-0.1, -0.05) is 0 Å². The summed E-state index contributed by atoms with van der Waals surface area (Å²) in [7, 11) is 1.40. The van der Waals surface area contributed by atoms with Crippen molar-refractivity contribution in [2.24, 2.45) is 0 Å². The molecule has 24 heavy (non-hydrogen) atoms. The number of carbonyl (C=O) groups excluding carboxylic acids is 1. The maximum absolute atomic E-state index is 13.1. The van der Waals surface area contributed by atoms with Gasteiger partial charge in [0.05, 0.1) is 12.7 Å². The van der Waals surface area contributed by atoms with E-state index in [0.717, 1.165) is 0 Å². The second kappa shape index (κ2) is 5.81. The molecular formula is C18H13FO5. The van der Waals surface area contributed by atoms with Crippen LogP contribution in [-0.4, -0.2) is 24.0 Å². The highest BCUT2D eigenvalue weighted by Gasteiger charge is 2.24. The molecule has 1 aromatic heterocycles. The molecule has 3 rings (SSSR count). The van der Waals surface area contributed by atoms with Crippen LogP contribution in [-0.2, 0) is 0 Å². The number of ketones is 1. The van der Waals surface area contributed by atoms with Crippen molar-refractivity contribution in [3.8, 4) is 17.1 Å². The molecule has 0 radical (unpaired) electrons. The Balaban J connectivity index is 2.34. The summed E-state index contributed by atoms with van der Waals surface area (Å²) in [6, 6.07) is 8.22. The number of aromatic carboxylic acids is 1. The Labute approximate surface area is 136 Å². The molecule has 0 aliphatic rings. The normalized spacial score (nSPS) is 10.8. The zero-order valence-electron chi connectivity index (χ0n) is 12.9. The maximum Gasteiger partial charge on any atom is 0.340 e. The first-order valence-electron chi connectivity index (χ1n) is 7.07. The summed E-state index contributed by atoms with van der Waals surface area (Å²) in [6.45, 7) is 1.38. The molecule has 5 nitrogen and oxygen atoms in total. The van der Waals surface area contributed by atoms with Crippen molar-refractivity contribution in [3.05, 3.63) is 53.3 Å². The summed E-state index contributed by atoms with van der Waals surface area (Å²) in [6.07, 6.45) is 0. The van der Waals surface area contributed by atoms with E-state index >= 15 is 0 Å². The molecular weight excluding hydrogens is 315 g/mol. The molecule has 1 N–H and O–H groups in total. The Bertz CT molecular complexity index is 954. The topological polar surface area (TPSA) is 76.7 Å². The van der Waals surface area contributed by atoms with Gasteiger partial charge in [0.1, 0.15) is 28.5 Å². The number of carboxylic acid groups (broad SMARTS) is 1. The zero-order valence-corrected chi connectivity index (χ0v) is 12.9.